The highest BCUT2D eigenvalue weighted by Crippen LogP contribution is 2.30. The molecule has 2 aromatic heterocycles. The molecule has 0 aliphatic carbocycles. The van der Waals surface area contributed by atoms with Crippen LogP contribution in [0.2, 0.25) is 0 Å². The summed E-state index contributed by atoms with van der Waals surface area (Å²) in [6.45, 7) is 0. The van der Waals surface area contributed by atoms with E-state index in [4.69, 9.17) is 0 Å². The Morgan fingerprint density at radius 3 is 2.32 bits per heavy atom. The van der Waals surface area contributed by atoms with Gasteiger partial charge in [0.1, 0.15) is 5.82 Å². The van der Waals surface area contributed by atoms with E-state index in [1.165, 1.54) is 12.1 Å². The fourth-order valence-electron chi connectivity index (χ4n) is 2.70. The third-order valence-electron chi connectivity index (χ3n) is 4.02. The number of benzene rings is 2. The third kappa shape index (κ3) is 3.85. The average molecular weight is 381 g/mol. The zero-order valence-corrected chi connectivity index (χ0v) is 14.4. The minimum atomic E-state index is -4.36. The Bertz CT molecular complexity index is 1110. The molecular weight excluding hydrogens is 367 g/mol. The van der Waals surface area contributed by atoms with Gasteiger partial charge in [0, 0.05) is 23.5 Å². The van der Waals surface area contributed by atoms with E-state index in [9.17, 15) is 13.2 Å². The molecule has 4 rings (SSSR count). The largest absolute Gasteiger partial charge is 0.416 e. The van der Waals surface area contributed by atoms with Crippen molar-refractivity contribution in [2.45, 2.75) is 6.18 Å². The highest BCUT2D eigenvalue weighted by molar-refractivity contribution is 5.91. The number of hydrogen-bond donors (Lipinski definition) is 2. The van der Waals surface area contributed by atoms with Gasteiger partial charge in [-0.05, 0) is 42.5 Å². The Morgan fingerprint density at radius 1 is 0.750 bits per heavy atom. The minimum absolute atomic E-state index is 0.343. The predicted molar refractivity (Wildman–Crippen MR) is 102 cm³/mol. The van der Waals surface area contributed by atoms with E-state index in [1.807, 2.05) is 30.3 Å². The Balaban J connectivity index is 1.55. The molecule has 8 heteroatoms. The first-order valence-electron chi connectivity index (χ1n) is 8.37. The highest BCUT2D eigenvalue weighted by Gasteiger charge is 2.29. The molecule has 0 atom stereocenters. The van der Waals surface area contributed by atoms with Crippen molar-refractivity contribution in [3.05, 3.63) is 78.6 Å². The van der Waals surface area contributed by atoms with Gasteiger partial charge in [0.05, 0.1) is 16.8 Å². The summed E-state index contributed by atoms with van der Waals surface area (Å²) in [7, 11) is 0. The van der Waals surface area contributed by atoms with Gasteiger partial charge >= 0.3 is 6.18 Å². The van der Waals surface area contributed by atoms with E-state index in [1.54, 1.807) is 18.5 Å². The zero-order valence-electron chi connectivity index (χ0n) is 14.4. The van der Waals surface area contributed by atoms with E-state index >= 15 is 0 Å². The quantitative estimate of drug-likeness (QED) is 0.487. The summed E-state index contributed by atoms with van der Waals surface area (Å²) < 4.78 is 38.0. The van der Waals surface area contributed by atoms with Crippen molar-refractivity contribution in [3.8, 4) is 0 Å². The summed E-state index contributed by atoms with van der Waals surface area (Å²) >= 11 is 0. The number of fused-ring (bicyclic) bond motifs is 1. The molecule has 0 aliphatic rings. The molecule has 0 bridgehead atoms. The predicted octanol–water partition coefficient (Wildman–Crippen LogP) is 5.53. The van der Waals surface area contributed by atoms with E-state index in [0.29, 0.717) is 17.5 Å². The molecule has 0 spiro atoms. The molecule has 0 fully saturated rings. The minimum Gasteiger partial charge on any atom is -0.340 e. The molecule has 0 aliphatic heterocycles. The summed E-state index contributed by atoms with van der Waals surface area (Å²) in [4.78, 5) is 12.9. The number of anilines is 4. The first-order valence-corrected chi connectivity index (χ1v) is 8.37. The number of pyridine rings is 1. The number of nitrogens with zero attached hydrogens (tertiary/aromatic N) is 3. The fourth-order valence-corrected chi connectivity index (χ4v) is 2.70. The van der Waals surface area contributed by atoms with E-state index < -0.39 is 11.7 Å². The van der Waals surface area contributed by atoms with Crippen molar-refractivity contribution in [1.29, 1.82) is 0 Å². The lowest BCUT2D eigenvalue weighted by Crippen LogP contribution is -2.05. The maximum atomic E-state index is 12.7. The number of halogens is 3. The van der Waals surface area contributed by atoms with Gasteiger partial charge in [-0.1, -0.05) is 18.2 Å². The molecule has 0 saturated heterocycles. The Morgan fingerprint density at radius 2 is 1.54 bits per heavy atom. The van der Waals surface area contributed by atoms with Gasteiger partial charge in [0.25, 0.3) is 0 Å². The van der Waals surface area contributed by atoms with Gasteiger partial charge in [-0.2, -0.15) is 18.2 Å². The molecule has 5 nitrogen and oxygen atoms in total. The number of aromatic nitrogens is 3. The lowest BCUT2D eigenvalue weighted by atomic mass is 10.2. The Hall–Kier alpha value is -3.68. The number of para-hydroxylation sites is 1. The first-order chi connectivity index (χ1) is 13.5. The smallest absolute Gasteiger partial charge is 0.340 e. The summed E-state index contributed by atoms with van der Waals surface area (Å²) in [5.41, 5.74) is 1.33. The van der Waals surface area contributed by atoms with Gasteiger partial charge < -0.3 is 10.6 Å². The van der Waals surface area contributed by atoms with Crippen LogP contribution < -0.4 is 10.6 Å². The SMILES string of the molecule is FC(F)(F)c1ccc(Nc2ccnc(Nc3cccc4cccnc34)n2)cc1. The second kappa shape index (κ2) is 7.15. The van der Waals surface area contributed by atoms with Crippen molar-refractivity contribution in [2.75, 3.05) is 10.6 Å². The van der Waals surface area contributed by atoms with Crippen molar-refractivity contribution in [1.82, 2.24) is 15.0 Å². The van der Waals surface area contributed by atoms with E-state index in [2.05, 4.69) is 25.6 Å². The number of alkyl halides is 3. The van der Waals surface area contributed by atoms with Gasteiger partial charge in [-0.25, -0.2) is 4.98 Å². The summed E-state index contributed by atoms with van der Waals surface area (Å²) in [5.74, 6) is 0.792. The second-order valence-corrected chi connectivity index (χ2v) is 5.97. The molecule has 2 N–H and O–H groups in total. The number of nitrogens with one attached hydrogen (secondary N) is 2. The summed E-state index contributed by atoms with van der Waals surface area (Å²) in [6.07, 6.45) is -1.10. The maximum Gasteiger partial charge on any atom is 0.416 e. The van der Waals surface area contributed by atoms with Crippen LogP contribution >= 0.6 is 0 Å². The van der Waals surface area contributed by atoms with Crippen LogP contribution in [0.1, 0.15) is 5.56 Å². The molecule has 4 aromatic rings. The molecule has 2 aromatic carbocycles. The third-order valence-corrected chi connectivity index (χ3v) is 4.02. The highest BCUT2D eigenvalue weighted by atomic mass is 19.4. The Labute approximate surface area is 158 Å². The molecule has 140 valence electrons. The zero-order chi connectivity index (χ0) is 19.6. The van der Waals surface area contributed by atoms with Crippen molar-refractivity contribution in [2.24, 2.45) is 0 Å². The standard InChI is InChI=1S/C20H14F3N5/c21-20(22,23)14-6-8-15(9-7-14)26-17-10-12-25-19(28-17)27-16-5-1-3-13-4-2-11-24-18(13)16/h1-12H,(H2,25,26,27,28). The monoisotopic (exact) mass is 381 g/mol. The molecule has 0 amide bonds. The van der Waals surface area contributed by atoms with Gasteiger partial charge in [0.2, 0.25) is 5.95 Å². The number of hydrogen-bond acceptors (Lipinski definition) is 5. The van der Waals surface area contributed by atoms with Gasteiger partial charge in [-0.15, -0.1) is 0 Å². The fraction of sp³-hybridized carbons (Fsp3) is 0.0500. The van der Waals surface area contributed by atoms with Crippen molar-refractivity contribution >= 4 is 34.0 Å². The lowest BCUT2D eigenvalue weighted by Gasteiger charge is -2.11. The normalized spacial score (nSPS) is 11.4. The average Bonchev–Trinajstić information content (AvgIpc) is 2.68. The molecule has 0 unspecified atom stereocenters. The molecule has 2 heterocycles. The van der Waals surface area contributed by atoms with E-state index in [-0.39, 0.29) is 0 Å². The topological polar surface area (TPSA) is 62.7 Å². The maximum absolute atomic E-state index is 12.7. The van der Waals surface area contributed by atoms with Crippen LogP contribution in [0, 0.1) is 0 Å². The second-order valence-electron chi connectivity index (χ2n) is 5.97. The first kappa shape index (κ1) is 17.7. The Kier molecular flexibility index (Phi) is 4.52. The van der Waals surface area contributed by atoms with Crippen LogP contribution in [0.25, 0.3) is 10.9 Å². The van der Waals surface area contributed by atoms with Crippen molar-refractivity contribution < 1.29 is 13.2 Å². The van der Waals surface area contributed by atoms with Crippen LogP contribution in [-0.2, 0) is 6.18 Å². The summed E-state index contributed by atoms with van der Waals surface area (Å²) in [6, 6.07) is 15.9. The molecule has 0 radical (unpaired) electrons. The van der Waals surface area contributed by atoms with E-state index in [0.717, 1.165) is 28.7 Å². The van der Waals surface area contributed by atoms with Gasteiger partial charge in [0.15, 0.2) is 0 Å². The van der Waals surface area contributed by atoms with Crippen LogP contribution in [0.15, 0.2) is 73.1 Å². The van der Waals surface area contributed by atoms with Crippen LogP contribution in [0.5, 0.6) is 0 Å². The van der Waals surface area contributed by atoms with Crippen LogP contribution in [0.3, 0.4) is 0 Å². The molecular formula is C20H14F3N5. The van der Waals surface area contributed by atoms with Crippen LogP contribution in [-0.4, -0.2) is 15.0 Å². The van der Waals surface area contributed by atoms with Gasteiger partial charge in [-0.3, -0.25) is 4.98 Å². The van der Waals surface area contributed by atoms with Crippen LogP contribution in [0.4, 0.5) is 36.3 Å². The summed E-state index contributed by atoms with van der Waals surface area (Å²) in [5, 5.41) is 7.08. The molecule has 0 saturated carbocycles. The van der Waals surface area contributed by atoms with Crippen molar-refractivity contribution in [3.63, 3.8) is 0 Å². The number of rotatable bonds is 4. The molecule has 28 heavy (non-hydrogen) atoms. The lowest BCUT2D eigenvalue weighted by molar-refractivity contribution is -0.137.